The number of benzene rings is 1. The minimum atomic E-state index is -0.250. The van der Waals surface area contributed by atoms with E-state index in [9.17, 15) is 9.50 Å². The Bertz CT molecular complexity index is 1290. The lowest BCUT2D eigenvalue weighted by molar-refractivity contribution is 0.302. The monoisotopic (exact) mass is 516 g/mol. The van der Waals surface area contributed by atoms with Crippen LogP contribution in [-0.4, -0.2) is 81.1 Å². The number of alkyl halides is 1. The fourth-order valence-electron chi connectivity index (χ4n) is 4.74. The summed E-state index contributed by atoms with van der Waals surface area (Å²) in [5.74, 6) is 2.94. The third kappa shape index (κ3) is 5.42. The van der Waals surface area contributed by atoms with Crippen molar-refractivity contribution >= 4 is 28.1 Å². The van der Waals surface area contributed by atoms with Gasteiger partial charge in [0.25, 0.3) is 0 Å². The van der Waals surface area contributed by atoms with Crippen LogP contribution < -0.4 is 15.0 Å². The van der Waals surface area contributed by atoms with Crippen molar-refractivity contribution in [1.29, 1.82) is 0 Å². The van der Waals surface area contributed by atoms with E-state index in [-0.39, 0.29) is 13.3 Å². The lowest BCUT2D eigenvalue weighted by atomic mass is 10.1. The van der Waals surface area contributed by atoms with E-state index in [1.165, 1.54) is 6.92 Å². The third-order valence-corrected chi connectivity index (χ3v) is 6.38. The molecule has 0 radical (unpaired) electrons. The second-order valence-corrected chi connectivity index (χ2v) is 8.60. The number of hydrogen-bond donors (Lipinski definition) is 2. The molecule has 4 aromatic rings. The number of aliphatic hydroxyl groups is 1. The van der Waals surface area contributed by atoms with Crippen molar-refractivity contribution in [3.05, 3.63) is 24.0 Å². The molecule has 4 heterocycles. The molecule has 1 aliphatic heterocycles. The van der Waals surface area contributed by atoms with Crippen LogP contribution in [0.4, 0.5) is 10.3 Å². The number of aliphatic hydroxyl groups excluding tert-OH is 1. The number of hydrogen-bond acceptors (Lipinski definition) is 7. The van der Waals surface area contributed by atoms with Crippen LogP contribution in [0.5, 0.6) is 5.75 Å². The van der Waals surface area contributed by atoms with Crippen molar-refractivity contribution in [2.45, 2.75) is 46.6 Å². The Morgan fingerprint density at radius 3 is 2.49 bits per heavy atom. The molecule has 1 saturated heterocycles. The van der Waals surface area contributed by atoms with Crippen LogP contribution in [0.2, 0.25) is 0 Å². The summed E-state index contributed by atoms with van der Waals surface area (Å²) < 4.78 is 22.4. The standard InChI is InChI=1S/C22H30N8O2.C2H5F.C2H6/c1-14-24-18-16(6-5-7-17(18)32-4)29(14)20-19-21(26-22(25-20)27(2)12-13-31)30(28(19)3)15-8-10-23-11-9-15;1-2-3;1-2/h5-7,15,23,31H,8-13H2,1-4H3;2H2,1H3;1-2H3. The normalized spacial score (nSPS) is 13.8. The van der Waals surface area contributed by atoms with E-state index in [4.69, 9.17) is 19.7 Å². The van der Waals surface area contributed by atoms with Gasteiger partial charge >= 0.3 is 0 Å². The minimum absolute atomic E-state index is 0.0361. The summed E-state index contributed by atoms with van der Waals surface area (Å²) >= 11 is 0. The number of rotatable bonds is 6. The highest BCUT2D eigenvalue weighted by Gasteiger charge is 2.28. The van der Waals surface area contributed by atoms with Gasteiger partial charge in [-0.05, 0) is 51.9 Å². The second kappa shape index (κ2) is 12.9. The number of para-hydroxylation sites is 1. The van der Waals surface area contributed by atoms with E-state index in [1.807, 2.05) is 50.9 Å². The highest BCUT2D eigenvalue weighted by molar-refractivity contribution is 5.89. The SMILES string of the molecule is CC.CCF.COc1cccc2c1nc(C)n2-c1nc(N(C)CCO)nc2c1n(C)n2C1CCNCC1. The predicted molar refractivity (Wildman–Crippen MR) is 147 cm³/mol. The van der Waals surface area contributed by atoms with E-state index in [2.05, 4.69) is 26.3 Å². The number of imidazole rings is 1. The topological polar surface area (TPSA) is 98.2 Å². The molecule has 0 unspecified atom stereocenters. The van der Waals surface area contributed by atoms with Crippen LogP contribution >= 0.6 is 0 Å². The molecule has 3 aromatic heterocycles. The lowest BCUT2D eigenvalue weighted by Gasteiger charge is -2.34. The van der Waals surface area contributed by atoms with Crippen LogP contribution in [0.1, 0.15) is 45.5 Å². The highest BCUT2D eigenvalue weighted by atomic mass is 19.1. The highest BCUT2D eigenvalue weighted by Crippen LogP contribution is 2.34. The van der Waals surface area contributed by atoms with Gasteiger partial charge in [-0.3, -0.25) is 18.3 Å². The molecule has 0 aliphatic carbocycles. The molecule has 1 aromatic carbocycles. The number of aryl methyl sites for hydroxylation is 2. The number of nitrogens with one attached hydrogen (secondary N) is 1. The van der Waals surface area contributed by atoms with Crippen LogP contribution in [0.3, 0.4) is 0 Å². The molecule has 0 spiro atoms. The van der Waals surface area contributed by atoms with Gasteiger partial charge in [0.15, 0.2) is 11.5 Å². The summed E-state index contributed by atoms with van der Waals surface area (Å²) in [5.41, 5.74) is 3.65. The van der Waals surface area contributed by atoms with Gasteiger partial charge in [-0.1, -0.05) is 19.9 Å². The molecule has 0 atom stereocenters. The molecule has 37 heavy (non-hydrogen) atoms. The van der Waals surface area contributed by atoms with Crippen molar-refractivity contribution in [2.24, 2.45) is 7.05 Å². The van der Waals surface area contributed by atoms with Gasteiger partial charge < -0.3 is 20.1 Å². The number of methoxy groups -OCH3 is 1. The van der Waals surface area contributed by atoms with Gasteiger partial charge in [0.2, 0.25) is 5.95 Å². The molecule has 1 fully saturated rings. The zero-order valence-corrected chi connectivity index (χ0v) is 23.1. The zero-order valence-electron chi connectivity index (χ0n) is 23.1. The Kier molecular flexibility index (Phi) is 9.87. The quantitative estimate of drug-likeness (QED) is 0.402. The summed E-state index contributed by atoms with van der Waals surface area (Å²) in [6.07, 6.45) is 2.13. The van der Waals surface area contributed by atoms with Crippen LogP contribution in [0.15, 0.2) is 18.2 Å². The first-order valence-corrected chi connectivity index (χ1v) is 13.0. The molecular weight excluding hydrogens is 475 g/mol. The Balaban J connectivity index is 0.000000711. The zero-order chi connectivity index (χ0) is 27.1. The van der Waals surface area contributed by atoms with E-state index >= 15 is 0 Å². The summed E-state index contributed by atoms with van der Waals surface area (Å²) in [4.78, 5) is 16.5. The number of halogens is 1. The molecule has 0 amide bonds. The molecular formula is C26H41FN8O2. The van der Waals surface area contributed by atoms with Crippen molar-refractivity contribution in [2.75, 3.05) is 52.0 Å². The average molecular weight is 517 g/mol. The van der Waals surface area contributed by atoms with E-state index in [1.54, 1.807) is 7.11 Å². The summed E-state index contributed by atoms with van der Waals surface area (Å²) in [6.45, 7) is 9.69. The molecule has 1 aliphatic rings. The van der Waals surface area contributed by atoms with Crippen LogP contribution in [-0.2, 0) is 7.05 Å². The van der Waals surface area contributed by atoms with Gasteiger partial charge in [0.1, 0.15) is 22.6 Å². The van der Waals surface area contributed by atoms with Crippen molar-refractivity contribution in [3.63, 3.8) is 0 Å². The number of piperidine rings is 1. The Morgan fingerprint density at radius 2 is 1.86 bits per heavy atom. The summed E-state index contributed by atoms with van der Waals surface area (Å²) in [6, 6.07) is 6.32. The van der Waals surface area contributed by atoms with Crippen molar-refractivity contribution in [1.82, 2.24) is 34.2 Å². The number of anilines is 1. The van der Waals surface area contributed by atoms with Crippen molar-refractivity contribution in [3.8, 4) is 11.6 Å². The fraction of sp³-hybridized carbons (Fsp3) is 0.577. The predicted octanol–water partition coefficient (Wildman–Crippen LogP) is 3.78. The third-order valence-electron chi connectivity index (χ3n) is 6.38. The first-order chi connectivity index (χ1) is 18.0. The first-order valence-electron chi connectivity index (χ1n) is 13.0. The van der Waals surface area contributed by atoms with Crippen molar-refractivity contribution < 1.29 is 14.2 Å². The first kappa shape index (κ1) is 28.4. The molecule has 204 valence electrons. The molecule has 11 heteroatoms. The smallest absolute Gasteiger partial charge is 0.229 e. The number of nitrogens with zero attached hydrogens (tertiary/aromatic N) is 7. The average Bonchev–Trinajstić information content (AvgIpc) is 3.25. The Hall–Kier alpha value is -3.18. The van der Waals surface area contributed by atoms with Crippen LogP contribution in [0.25, 0.3) is 28.0 Å². The second-order valence-electron chi connectivity index (χ2n) is 8.60. The Morgan fingerprint density at radius 1 is 1.19 bits per heavy atom. The molecule has 10 nitrogen and oxygen atoms in total. The van der Waals surface area contributed by atoms with Gasteiger partial charge in [0, 0.05) is 20.6 Å². The summed E-state index contributed by atoms with van der Waals surface area (Å²) in [7, 11) is 5.64. The van der Waals surface area contributed by atoms with Gasteiger partial charge in [-0.15, -0.1) is 0 Å². The maximum absolute atomic E-state index is 10.3. The van der Waals surface area contributed by atoms with E-state index in [0.29, 0.717) is 18.5 Å². The Labute approximate surface area is 218 Å². The number of ether oxygens (including phenoxy) is 1. The largest absolute Gasteiger partial charge is 0.494 e. The summed E-state index contributed by atoms with van der Waals surface area (Å²) in [5, 5.41) is 12.9. The maximum atomic E-state index is 10.3. The molecule has 0 bridgehead atoms. The van der Waals surface area contributed by atoms with Gasteiger partial charge in [-0.2, -0.15) is 9.97 Å². The molecule has 2 N–H and O–H groups in total. The van der Waals surface area contributed by atoms with E-state index < -0.39 is 0 Å². The maximum Gasteiger partial charge on any atom is 0.229 e. The fourth-order valence-corrected chi connectivity index (χ4v) is 4.74. The molecule has 0 saturated carbocycles. The van der Waals surface area contributed by atoms with E-state index in [0.717, 1.165) is 65.5 Å². The number of aromatic nitrogens is 6. The molecule has 5 rings (SSSR count). The number of likely N-dealkylation sites (N-methyl/N-ethyl adjacent to an activating group) is 1. The number of fused-ring (bicyclic) bond motifs is 2. The van der Waals surface area contributed by atoms with Gasteiger partial charge in [-0.25, -0.2) is 4.98 Å². The minimum Gasteiger partial charge on any atom is -0.494 e. The van der Waals surface area contributed by atoms with Crippen LogP contribution in [0, 0.1) is 6.92 Å². The van der Waals surface area contributed by atoms with Gasteiger partial charge in [0.05, 0.1) is 31.9 Å². The lowest BCUT2D eigenvalue weighted by Crippen LogP contribution is -2.36.